The first kappa shape index (κ1) is 10.1. The Balaban J connectivity index is 2.07. The third kappa shape index (κ3) is 1.62. The molecule has 0 N–H and O–H groups in total. The lowest BCUT2D eigenvalue weighted by atomic mass is 10.2. The molecular formula is C13H13N3O. The minimum absolute atomic E-state index is 0.0822. The van der Waals surface area contributed by atoms with Gasteiger partial charge in [0.15, 0.2) is 5.82 Å². The highest BCUT2D eigenvalue weighted by atomic mass is 16.1. The first-order valence-corrected chi connectivity index (χ1v) is 5.65. The number of hydrogen-bond donors (Lipinski definition) is 0. The predicted molar refractivity (Wildman–Crippen MR) is 66.6 cm³/mol. The van der Waals surface area contributed by atoms with Gasteiger partial charge in [0.1, 0.15) is 0 Å². The van der Waals surface area contributed by atoms with Crippen LogP contribution in [0.3, 0.4) is 0 Å². The van der Waals surface area contributed by atoms with Gasteiger partial charge >= 0.3 is 0 Å². The van der Waals surface area contributed by atoms with E-state index in [1.165, 1.54) is 15.9 Å². The second-order valence-corrected chi connectivity index (χ2v) is 4.18. The second kappa shape index (κ2) is 3.73. The highest BCUT2D eigenvalue weighted by molar-refractivity contribution is 5.67. The van der Waals surface area contributed by atoms with Gasteiger partial charge in [0, 0.05) is 25.3 Å². The van der Waals surface area contributed by atoms with Crippen LogP contribution in [0.15, 0.2) is 41.2 Å². The van der Waals surface area contributed by atoms with Gasteiger partial charge in [-0.3, -0.25) is 4.79 Å². The summed E-state index contributed by atoms with van der Waals surface area (Å²) >= 11 is 0. The summed E-state index contributed by atoms with van der Waals surface area (Å²) in [6, 6.07) is 11.6. The molecule has 0 fully saturated rings. The molecule has 2 heterocycles. The van der Waals surface area contributed by atoms with E-state index in [1.54, 1.807) is 19.2 Å². The molecule has 86 valence electrons. The standard InChI is InChI=1S/C13H13N3O/c1-15-13(17)7-6-12(14-15)16-9-8-10-4-2-3-5-11(10)16/h2-7H,8-9H2,1H3. The zero-order valence-electron chi connectivity index (χ0n) is 9.63. The highest BCUT2D eigenvalue weighted by Crippen LogP contribution is 2.32. The third-order valence-corrected chi connectivity index (χ3v) is 3.11. The molecule has 3 rings (SSSR count). The second-order valence-electron chi connectivity index (χ2n) is 4.18. The smallest absolute Gasteiger partial charge is 0.266 e. The molecule has 4 nitrogen and oxygen atoms in total. The maximum atomic E-state index is 11.3. The molecule has 1 aliphatic rings. The molecule has 4 heteroatoms. The van der Waals surface area contributed by atoms with Crippen molar-refractivity contribution in [1.82, 2.24) is 9.78 Å². The predicted octanol–water partition coefficient (Wildman–Crippen LogP) is 1.47. The molecule has 0 bridgehead atoms. The van der Waals surface area contributed by atoms with Gasteiger partial charge in [-0.2, -0.15) is 5.10 Å². The van der Waals surface area contributed by atoms with Crippen molar-refractivity contribution < 1.29 is 0 Å². The van der Waals surface area contributed by atoms with Crippen LogP contribution in [-0.2, 0) is 13.5 Å². The average molecular weight is 227 g/mol. The lowest BCUT2D eigenvalue weighted by Gasteiger charge is -2.18. The minimum Gasteiger partial charge on any atom is -0.324 e. The van der Waals surface area contributed by atoms with Crippen molar-refractivity contribution in [3.05, 3.63) is 52.3 Å². The molecule has 0 aliphatic carbocycles. The van der Waals surface area contributed by atoms with E-state index in [-0.39, 0.29) is 5.56 Å². The first-order chi connectivity index (χ1) is 8.25. The normalized spacial score (nSPS) is 13.8. The quantitative estimate of drug-likeness (QED) is 0.740. The fraction of sp³-hybridized carbons (Fsp3) is 0.231. The number of fused-ring (bicyclic) bond motifs is 1. The van der Waals surface area contributed by atoms with E-state index < -0.39 is 0 Å². The molecule has 1 aromatic carbocycles. The van der Waals surface area contributed by atoms with E-state index in [0.717, 1.165) is 18.8 Å². The number of benzene rings is 1. The molecule has 0 spiro atoms. The molecule has 17 heavy (non-hydrogen) atoms. The molecule has 0 radical (unpaired) electrons. The van der Waals surface area contributed by atoms with Crippen molar-refractivity contribution in [3.63, 3.8) is 0 Å². The molecule has 2 aromatic rings. The highest BCUT2D eigenvalue weighted by Gasteiger charge is 2.20. The molecule has 1 aromatic heterocycles. The van der Waals surface area contributed by atoms with Gasteiger partial charge in [0.05, 0.1) is 0 Å². The minimum atomic E-state index is -0.0822. The third-order valence-electron chi connectivity index (χ3n) is 3.11. The maximum absolute atomic E-state index is 11.3. The Morgan fingerprint density at radius 1 is 1.18 bits per heavy atom. The molecule has 0 saturated heterocycles. The molecule has 0 unspecified atom stereocenters. The van der Waals surface area contributed by atoms with Crippen LogP contribution in [0.1, 0.15) is 5.56 Å². The number of nitrogens with zero attached hydrogens (tertiary/aromatic N) is 3. The van der Waals surface area contributed by atoms with E-state index in [4.69, 9.17) is 0 Å². The largest absolute Gasteiger partial charge is 0.324 e. The lowest BCUT2D eigenvalue weighted by molar-refractivity contribution is 0.701. The van der Waals surface area contributed by atoms with Gasteiger partial charge in [-0.15, -0.1) is 0 Å². The molecule has 0 amide bonds. The Labute approximate surface area is 99.1 Å². The summed E-state index contributed by atoms with van der Waals surface area (Å²) in [5, 5.41) is 4.28. The summed E-state index contributed by atoms with van der Waals surface area (Å²) in [4.78, 5) is 13.5. The fourth-order valence-electron chi connectivity index (χ4n) is 2.21. The number of hydrogen-bond acceptors (Lipinski definition) is 3. The van der Waals surface area contributed by atoms with Crippen molar-refractivity contribution in [2.75, 3.05) is 11.4 Å². The summed E-state index contributed by atoms with van der Waals surface area (Å²) in [5.41, 5.74) is 2.45. The zero-order valence-corrected chi connectivity index (χ0v) is 9.63. The van der Waals surface area contributed by atoms with Crippen LogP contribution in [0.5, 0.6) is 0 Å². The molecule has 1 aliphatic heterocycles. The van der Waals surface area contributed by atoms with E-state index in [9.17, 15) is 4.79 Å². The van der Waals surface area contributed by atoms with Crippen LogP contribution in [0.25, 0.3) is 0 Å². The Kier molecular flexibility index (Phi) is 2.21. The number of aryl methyl sites for hydroxylation is 1. The van der Waals surface area contributed by atoms with Crippen LogP contribution in [0.4, 0.5) is 11.5 Å². The maximum Gasteiger partial charge on any atom is 0.266 e. The summed E-state index contributed by atoms with van der Waals surface area (Å²) in [7, 11) is 1.67. The number of rotatable bonds is 1. The monoisotopic (exact) mass is 227 g/mol. The SMILES string of the molecule is Cn1nc(N2CCc3ccccc32)ccc1=O. The van der Waals surface area contributed by atoms with Gasteiger partial charge in [-0.1, -0.05) is 18.2 Å². The van der Waals surface area contributed by atoms with Gasteiger partial charge in [-0.05, 0) is 24.1 Å². The van der Waals surface area contributed by atoms with E-state index >= 15 is 0 Å². The van der Waals surface area contributed by atoms with Crippen LogP contribution in [-0.4, -0.2) is 16.3 Å². The average Bonchev–Trinajstić information content (AvgIpc) is 2.76. The van der Waals surface area contributed by atoms with E-state index in [0.29, 0.717) is 0 Å². The van der Waals surface area contributed by atoms with Crippen molar-refractivity contribution >= 4 is 11.5 Å². The summed E-state index contributed by atoms with van der Waals surface area (Å²) < 4.78 is 1.37. The van der Waals surface area contributed by atoms with Gasteiger partial charge in [0.25, 0.3) is 5.56 Å². The zero-order chi connectivity index (χ0) is 11.8. The van der Waals surface area contributed by atoms with Gasteiger partial charge in [-0.25, -0.2) is 4.68 Å². The Morgan fingerprint density at radius 3 is 2.82 bits per heavy atom. The number of para-hydroxylation sites is 1. The lowest BCUT2D eigenvalue weighted by Crippen LogP contribution is -2.23. The molecular weight excluding hydrogens is 214 g/mol. The number of anilines is 2. The molecule has 0 atom stereocenters. The van der Waals surface area contributed by atoms with Gasteiger partial charge < -0.3 is 4.90 Å². The van der Waals surface area contributed by atoms with E-state index in [2.05, 4.69) is 28.2 Å². The van der Waals surface area contributed by atoms with Gasteiger partial charge in [0.2, 0.25) is 0 Å². The van der Waals surface area contributed by atoms with Crippen LogP contribution in [0, 0.1) is 0 Å². The van der Waals surface area contributed by atoms with Crippen LogP contribution in [0.2, 0.25) is 0 Å². The Bertz CT molecular complexity index is 618. The van der Waals surface area contributed by atoms with Crippen LogP contribution < -0.4 is 10.5 Å². The first-order valence-electron chi connectivity index (χ1n) is 5.65. The summed E-state index contributed by atoms with van der Waals surface area (Å²) in [5.74, 6) is 0.831. The topological polar surface area (TPSA) is 38.1 Å². The Morgan fingerprint density at radius 2 is 2.00 bits per heavy atom. The Hall–Kier alpha value is -2.10. The van der Waals surface area contributed by atoms with Crippen molar-refractivity contribution in [2.24, 2.45) is 7.05 Å². The van der Waals surface area contributed by atoms with Crippen molar-refractivity contribution in [3.8, 4) is 0 Å². The fourth-order valence-corrected chi connectivity index (χ4v) is 2.21. The summed E-state index contributed by atoms with van der Waals surface area (Å²) in [6.07, 6.45) is 1.03. The van der Waals surface area contributed by atoms with E-state index in [1.807, 2.05) is 6.07 Å². The van der Waals surface area contributed by atoms with Crippen molar-refractivity contribution in [1.29, 1.82) is 0 Å². The number of aromatic nitrogens is 2. The van der Waals surface area contributed by atoms with Crippen molar-refractivity contribution in [2.45, 2.75) is 6.42 Å². The molecule has 0 saturated carbocycles. The van der Waals surface area contributed by atoms with Crippen LogP contribution >= 0.6 is 0 Å². The summed E-state index contributed by atoms with van der Waals surface area (Å²) in [6.45, 7) is 0.921.